The molecule has 34 heavy (non-hydrogen) atoms. The number of nitrogens with one attached hydrogen (secondary N) is 1. The van der Waals surface area contributed by atoms with Crippen LogP contribution in [0, 0.1) is 0 Å². The SMILES string of the molecule is O=C(CSc1nnc(-c2ccco2)n1-c1ccc(Cl)cc1)Nc1nc(-c2ccccc2Cl)cs1. The number of nitrogens with zero attached hydrogens (tertiary/aromatic N) is 4. The van der Waals surface area contributed by atoms with Crippen molar-refractivity contribution in [3.63, 3.8) is 0 Å². The molecular weight excluding hydrogens is 513 g/mol. The molecular formula is C23H15Cl2N5O2S2. The number of furan rings is 1. The van der Waals surface area contributed by atoms with Gasteiger partial charge in [0, 0.05) is 26.7 Å². The number of hydrogen-bond donors (Lipinski definition) is 1. The van der Waals surface area contributed by atoms with Gasteiger partial charge >= 0.3 is 0 Å². The summed E-state index contributed by atoms with van der Waals surface area (Å²) in [4.78, 5) is 17.1. The van der Waals surface area contributed by atoms with Crippen molar-refractivity contribution in [3.05, 3.63) is 82.4 Å². The van der Waals surface area contributed by atoms with Crippen molar-refractivity contribution < 1.29 is 9.21 Å². The van der Waals surface area contributed by atoms with Gasteiger partial charge in [0.1, 0.15) is 0 Å². The second kappa shape index (κ2) is 10.0. The van der Waals surface area contributed by atoms with Crippen LogP contribution in [0.25, 0.3) is 28.5 Å². The van der Waals surface area contributed by atoms with Gasteiger partial charge in [-0.1, -0.05) is 53.2 Å². The summed E-state index contributed by atoms with van der Waals surface area (Å²) in [5, 5.41) is 15.5. The standard InChI is InChI=1S/C23H15Cl2N5O2S2/c24-14-7-9-15(10-8-14)30-21(19-6-3-11-32-19)28-29-23(30)34-13-20(31)27-22-26-18(12-33-22)16-4-1-2-5-17(16)25/h1-12H,13H2,(H,26,27,31). The van der Waals surface area contributed by atoms with E-state index in [2.05, 4.69) is 20.5 Å². The van der Waals surface area contributed by atoms with Crippen molar-refractivity contribution in [2.75, 3.05) is 11.1 Å². The first-order valence-electron chi connectivity index (χ1n) is 9.97. The summed E-state index contributed by atoms with van der Waals surface area (Å²) >= 11 is 14.9. The number of thioether (sulfide) groups is 1. The second-order valence-corrected chi connectivity index (χ2v) is 9.59. The Labute approximate surface area is 212 Å². The normalized spacial score (nSPS) is 11.0. The number of anilines is 1. The van der Waals surface area contributed by atoms with E-state index in [1.165, 1.54) is 23.1 Å². The summed E-state index contributed by atoms with van der Waals surface area (Å²) in [7, 11) is 0. The fourth-order valence-electron chi connectivity index (χ4n) is 3.16. The fraction of sp³-hybridized carbons (Fsp3) is 0.0435. The van der Waals surface area contributed by atoms with E-state index in [-0.39, 0.29) is 11.7 Å². The van der Waals surface area contributed by atoms with E-state index in [4.69, 9.17) is 27.6 Å². The Balaban J connectivity index is 1.32. The molecule has 170 valence electrons. The maximum Gasteiger partial charge on any atom is 0.236 e. The zero-order chi connectivity index (χ0) is 23.5. The number of aromatic nitrogens is 4. The van der Waals surface area contributed by atoms with Crippen LogP contribution < -0.4 is 5.32 Å². The van der Waals surface area contributed by atoms with Crippen molar-refractivity contribution in [2.45, 2.75) is 5.16 Å². The third-order valence-electron chi connectivity index (χ3n) is 4.69. The molecule has 3 heterocycles. The molecule has 1 N–H and O–H groups in total. The Morgan fingerprint density at radius 3 is 2.65 bits per heavy atom. The Morgan fingerprint density at radius 2 is 1.88 bits per heavy atom. The van der Waals surface area contributed by atoms with E-state index in [0.29, 0.717) is 37.6 Å². The first-order valence-corrected chi connectivity index (χ1v) is 12.6. The van der Waals surface area contributed by atoms with Crippen LogP contribution in [0.2, 0.25) is 10.0 Å². The molecule has 0 aliphatic rings. The molecule has 0 bridgehead atoms. The number of benzene rings is 2. The lowest BCUT2D eigenvalue weighted by Crippen LogP contribution is -2.14. The molecule has 0 aliphatic carbocycles. The maximum atomic E-state index is 12.6. The van der Waals surface area contributed by atoms with Crippen molar-refractivity contribution in [3.8, 4) is 28.5 Å². The minimum Gasteiger partial charge on any atom is -0.461 e. The zero-order valence-corrected chi connectivity index (χ0v) is 20.5. The van der Waals surface area contributed by atoms with Crippen LogP contribution >= 0.6 is 46.3 Å². The van der Waals surface area contributed by atoms with Gasteiger partial charge in [-0.25, -0.2) is 4.98 Å². The van der Waals surface area contributed by atoms with Crippen LogP contribution in [0.5, 0.6) is 0 Å². The highest BCUT2D eigenvalue weighted by Gasteiger charge is 2.19. The van der Waals surface area contributed by atoms with E-state index < -0.39 is 0 Å². The Hall–Kier alpha value is -3.11. The fourth-order valence-corrected chi connectivity index (χ4v) is 5.00. The summed E-state index contributed by atoms with van der Waals surface area (Å²) in [6.07, 6.45) is 1.57. The van der Waals surface area contributed by atoms with E-state index >= 15 is 0 Å². The van der Waals surface area contributed by atoms with Gasteiger partial charge in [0.2, 0.25) is 11.7 Å². The number of carbonyl (C=O) groups is 1. The Kier molecular flexibility index (Phi) is 6.68. The molecule has 0 radical (unpaired) electrons. The molecule has 0 saturated heterocycles. The lowest BCUT2D eigenvalue weighted by molar-refractivity contribution is -0.113. The predicted molar refractivity (Wildman–Crippen MR) is 136 cm³/mol. The lowest BCUT2D eigenvalue weighted by atomic mass is 10.2. The van der Waals surface area contributed by atoms with Gasteiger partial charge in [0.05, 0.1) is 17.7 Å². The van der Waals surface area contributed by atoms with Gasteiger partial charge in [-0.3, -0.25) is 9.36 Å². The first-order chi connectivity index (χ1) is 16.6. The molecule has 0 fully saturated rings. The summed E-state index contributed by atoms with van der Waals surface area (Å²) in [6.45, 7) is 0. The summed E-state index contributed by atoms with van der Waals surface area (Å²) in [5.41, 5.74) is 2.33. The molecule has 0 aliphatic heterocycles. The van der Waals surface area contributed by atoms with Gasteiger partial charge in [0.15, 0.2) is 16.0 Å². The van der Waals surface area contributed by atoms with Crippen molar-refractivity contribution >= 4 is 57.3 Å². The molecule has 5 rings (SSSR count). The van der Waals surface area contributed by atoms with Gasteiger partial charge in [-0.05, 0) is 42.5 Å². The van der Waals surface area contributed by atoms with E-state index in [1.807, 2.05) is 40.3 Å². The van der Waals surface area contributed by atoms with E-state index in [9.17, 15) is 4.79 Å². The highest BCUT2D eigenvalue weighted by atomic mass is 35.5. The topological polar surface area (TPSA) is 85.8 Å². The molecule has 0 atom stereocenters. The molecule has 0 unspecified atom stereocenters. The molecule has 0 saturated carbocycles. The molecule has 11 heteroatoms. The molecule has 3 aromatic heterocycles. The molecule has 2 aromatic carbocycles. The average Bonchev–Trinajstić information content (AvgIpc) is 3.59. The average molecular weight is 528 g/mol. The van der Waals surface area contributed by atoms with Crippen LogP contribution in [-0.2, 0) is 4.79 Å². The minimum atomic E-state index is -0.213. The second-order valence-electron chi connectivity index (χ2n) is 6.95. The van der Waals surface area contributed by atoms with Crippen LogP contribution in [0.4, 0.5) is 5.13 Å². The Morgan fingerprint density at radius 1 is 1.06 bits per heavy atom. The number of halogens is 2. The summed E-state index contributed by atoms with van der Waals surface area (Å²) < 4.78 is 7.34. The van der Waals surface area contributed by atoms with Gasteiger partial charge in [-0.2, -0.15) is 0 Å². The van der Waals surface area contributed by atoms with E-state index in [1.54, 1.807) is 36.6 Å². The smallest absolute Gasteiger partial charge is 0.236 e. The van der Waals surface area contributed by atoms with Crippen LogP contribution in [0.3, 0.4) is 0 Å². The summed E-state index contributed by atoms with van der Waals surface area (Å²) in [5.74, 6) is 0.994. The minimum absolute atomic E-state index is 0.116. The van der Waals surface area contributed by atoms with Crippen LogP contribution in [0.15, 0.2) is 81.9 Å². The molecule has 0 spiro atoms. The van der Waals surface area contributed by atoms with Crippen molar-refractivity contribution in [1.29, 1.82) is 0 Å². The van der Waals surface area contributed by atoms with Gasteiger partial charge < -0.3 is 9.73 Å². The zero-order valence-electron chi connectivity index (χ0n) is 17.3. The van der Waals surface area contributed by atoms with Gasteiger partial charge in [0.25, 0.3) is 0 Å². The number of amides is 1. The molecule has 1 amide bonds. The lowest BCUT2D eigenvalue weighted by Gasteiger charge is -2.09. The van der Waals surface area contributed by atoms with Crippen LogP contribution in [0.1, 0.15) is 0 Å². The number of hydrogen-bond acceptors (Lipinski definition) is 7. The van der Waals surface area contributed by atoms with E-state index in [0.717, 1.165) is 11.3 Å². The number of carbonyl (C=O) groups excluding carboxylic acids is 1. The third kappa shape index (κ3) is 4.88. The van der Waals surface area contributed by atoms with Crippen LogP contribution in [-0.4, -0.2) is 31.4 Å². The summed E-state index contributed by atoms with van der Waals surface area (Å²) in [6, 6.07) is 18.3. The van der Waals surface area contributed by atoms with Crippen molar-refractivity contribution in [2.24, 2.45) is 0 Å². The largest absolute Gasteiger partial charge is 0.461 e. The monoisotopic (exact) mass is 527 g/mol. The third-order valence-corrected chi connectivity index (χ3v) is 6.96. The predicted octanol–water partition coefficient (Wildman–Crippen LogP) is 6.69. The first kappa shape index (κ1) is 22.7. The number of thiazole rings is 1. The quantitative estimate of drug-likeness (QED) is 0.237. The highest BCUT2D eigenvalue weighted by molar-refractivity contribution is 7.99. The Bertz CT molecular complexity index is 1430. The maximum absolute atomic E-state index is 12.6. The van der Waals surface area contributed by atoms with Crippen molar-refractivity contribution in [1.82, 2.24) is 19.7 Å². The van der Waals surface area contributed by atoms with Gasteiger partial charge in [-0.15, -0.1) is 21.5 Å². The molecule has 5 aromatic rings. The number of rotatable bonds is 7. The highest BCUT2D eigenvalue weighted by Crippen LogP contribution is 2.31. The molecule has 7 nitrogen and oxygen atoms in total.